The van der Waals surface area contributed by atoms with Gasteiger partial charge in [0, 0.05) is 32.1 Å². The van der Waals surface area contributed by atoms with Crippen molar-refractivity contribution in [2.24, 2.45) is 0 Å². The van der Waals surface area contributed by atoms with Gasteiger partial charge in [0.1, 0.15) is 6.04 Å². The maximum atomic E-state index is 13.2. The summed E-state index contributed by atoms with van der Waals surface area (Å²) in [7, 11) is -2.40. The first-order valence-electron chi connectivity index (χ1n) is 11.1. The van der Waals surface area contributed by atoms with Crippen molar-refractivity contribution in [2.75, 3.05) is 30.4 Å². The molecule has 2 aromatic carbocycles. The Morgan fingerprint density at radius 2 is 1.74 bits per heavy atom. The molecule has 0 unspecified atom stereocenters. The molecule has 1 fully saturated rings. The summed E-state index contributed by atoms with van der Waals surface area (Å²) in [6, 6.07) is 10.2. The minimum atomic E-state index is -3.65. The Kier molecular flexibility index (Phi) is 6.72. The smallest absolute Gasteiger partial charge is 0.339 e. The molecule has 2 aromatic rings. The molecular weight excluding hydrogens is 458 g/mol. The van der Waals surface area contributed by atoms with Crippen LogP contribution >= 0.6 is 0 Å². The average Bonchev–Trinajstić information content (AvgIpc) is 3.24. The van der Waals surface area contributed by atoms with Gasteiger partial charge in [-0.25, -0.2) is 13.2 Å². The number of fused-ring (bicyclic) bond motifs is 1. The maximum Gasteiger partial charge on any atom is 0.339 e. The number of rotatable bonds is 5. The van der Waals surface area contributed by atoms with Gasteiger partial charge in [-0.3, -0.25) is 14.5 Å². The fraction of sp³-hybridized carbons (Fsp3) is 0.375. The molecule has 1 N–H and O–H groups in total. The molecule has 0 aliphatic carbocycles. The molecule has 0 radical (unpaired) electrons. The standard InChI is InChI=1S/C24H27N3O6S/c1-16(28)27-21-11-10-18(34(31,32)26-12-6-3-7-13-26)14-17(21)15-22(27)23(29)25-20-9-5-4-8-19(20)24(30)33-2/h4-5,8-11,14,22H,3,6-7,12-13,15H2,1-2H3,(H,25,29)/t22-/m0/s1. The number of nitrogens with one attached hydrogen (secondary N) is 1. The van der Waals surface area contributed by atoms with E-state index < -0.39 is 27.9 Å². The summed E-state index contributed by atoms with van der Waals surface area (Å²) in [6.07, 6.45) is 2.83. The minimum absolute atomic E-state index is 0.157. The Morgan fingerprint density at radius 3 is 2.41 bits per heavy atom. The van der Waals surface area contributed by atoms with Gasteiger partial charge in [-0.2, -0.15) is 4.31 Å². The lowest BCUT2D eigenvalue weighted by Gasteiger charge is -2.26. The van der Waals surface area contributed by atoms with Gasteiger partial charge < -0.3 is 10.1 Å². The number of esters is 1. The average molecular weight is 486 g/mol. The second-order valence-corrected chi connectivity index (χ2v) is 10.3. The molecule has 1 atom stereocenters. The number of methoxy groups -OCH3 is 1. The fourth-order valence-electron chi connectivity index (χ4n) is 4.54. The third kappa shape index (κ3) is 4.43. The van der Waals surface area contributed by atoms with E-state index in [-0.39, 0.29) is 28.5 Å². The highest BCUT2D eigenvalue weighted by Gasteiger charge is 2.38. The second-order valence-electron chi connectivity index (χ2n) is 8.39. The molecule has 9 nitrogen and oxygen atoms in total. The van der Waals surface area contributed by atoms with Crippen molar-refractivity contribution in [1.29, 1.82) is 0 Å². The van der Waals surface area contributed by atoms with Crippen LogP contribution in [0.1, 0.15) is 42.1 Å². The number of anilines is 2. The number of ether oxygens (including phenoxy) is 1. The molecule has 2 heterocycles. The number of carbonyl (C=O) groups excluding carboxylic acids is 3. The van der Waals surface area contributed by atoms with Crippen molar-refractivity contribution in [2.45, 2.75) is 43.5 Å². The van der Waals surface area contributed by atoms with Crippen LogP contribution in [0.2, 0.25) is 0 Å². The SMILES string of the molecule is COC(=O)c1ccccc1NC(=O)[C@@H]1Cc2cc(S(=O)(=O)N3CCCCC3)ccc2N1C(C)=O. The molecule has 4 rings (SSSR count). The Balaban J connectivity index is 1.62. The summed E-state index contributed by atoms with van der Waals surface area (Å²) in [4.78, 5) is 39.3. The molecule has 2 amide bonds. The van der Waals surface area contributed by atoms with Gasteiger partial charge in [0.25, 0.3) is 0 Å². The van der Waals surface area contributed by atoms with Gasteiger partial charge in [-0.05, 0) is 48.7 Å². The highest BCUT2D eigenvalue weighted by atomic mass is 32.2. The van der Waals surface area contributed by atoms with Gasteiger partial charge in [-0.1, -0.05) is 18.6 Å². The van der Waals surface area contributed by atoms with Crippen LogP contribution in [-0.4, -0.2) is 56.7 Å². The molecule has 0 spiro atoms. The van der Waals surface area contributed by atoms with Crippen molar-refractivity contribution >= 4 is 39.2 Å². The second kappa shape index (κ2) is 9.55. The number of amides is 2. The molecule has 180 valence electrons. The molecule has 2 aliphatic heterocycles. The molecule has 0 aromatic heterocycles. The summed E-state index contributed by atoms with van der Waals surface area (Å²) in [5.41, 5.74) is 1.58. The van der Waals surface area contributed by atoms with Crippen molar-refractivity contribution in [1.82, 2.24) is 4.31 Å². The van der Waals surface area contributed by atoms with Crippen LogP contribution in [0.5, 0.6) is 0 Å². The number of nitrogens with zero attached hydrogens (tertiary/aromatic N) is 2. The van der Waals surface area contributed by atoms with E-state index in [4.69, 9.17) is 4.74 Å². The van der Waals surface area contributed by atoms with E-state index in [1.165, 1.54) is 35.4 Å². The zero-order chi connectivity index (χ0) is 24.5. The molecular formula is C24H27N3O6S. The van der Waals surface area contributed by atoms with Gasteiger partial charge in [0.2, 0.25) is 21.8 Å². The summed E-state index contributed by atoms with van der Waals surface area (Å²) in [5.74, 6) is -1.42. The van der Waals surface area contributed by atoms with Gasteiger partial charge in [0.15, 0.2) is 0 Å². The summed E-state index contributed by atoms with van der Waals surface area (Å²) >= 11 is 0. The number of para-hydroxylation sites is 1. The summed E-state index contributed by atoms with van der Waals surface area (Å²) in [5, 5.41) is 2.72. The molecule has 1 saturated heterocycles. The van der Waals surface area contributed by atoms with Crippen LogP contribution in [0, 0.1) is 0 Å². The zero-order valence-corrected chi connectivity index (χ0v) is 19.9. The van der Waals surface area contributed by atoms with E-state index in [1.54, 1.807) is 30.3 Å². The Bertz CT molecular complexity index is 1240. The number of piperidine rings is 1. The van der Waals surface area contributed by atoms with Crippen molar-refractivity contribution in [3.8, 4) is 0 Å². The Labute approximate surface area is 198 Å². The largest absolute Gasteiger partial charge is 0.465 e. The molecule has 2 aliphatic rings. The van der Waals surface area contributed by atoms with E-state index in [2.05, 4.69) is 5.32 Å². The number of sulfonamides is 1. The Hall–Kier alpha value is -3.24. The van der Waals surface area contributed by atoms with Crippen LogP contribution in [0.4, 0.5) is 11.4 Å². The normalized spacial score (nSPS) is 18.3. The van der Waals surface area contributed by atoms with E-state index in [1.807, 2.05) is 0 Å². The van der Waals surface area contributed by atoms with E-state index in [0.29, 0.717) is 24.3 Å². The van der Waals surface area contributed by atoms with Crippen LogP contribution < -0.4 is 10.2 Å². The first-order chi connectivity index (χ1) is 16.2. The number of hydrogen-bond donors (Lipinski definition) is 1. The lowest BCUT2D eigenvalue weighted by atomic mass is 10.1. The van der Waals surface area contributed by atoms with Gasteiger partial charge >= 0.3 is 5.97 Å². The molecule has 0 bridgehead atoms. The summed E-state index contributed by atoms with van der Waals surface area (Å²) in [6.45, 7) is 2.34. The van der Waals surface area contributed by atoms with Crippen molar-refractivity contribution in [3.63, 3.8) is 0 Å². The monoisotopic (exact) mass is 485 g/mol. The fourth-order valence-corrected chi connectivity index (χ4v) is 6.11. The lowest BCUT2D eigenvalue weighted by Crippen LogP contribution is -2.44. The third-order valence-electron chi connectivity index (χ3n) is 6.22. The predicted molar refractivity (Wildman–Crippen MR) is 126 cm³/mol. The highest BCUT2D eigenvalue weighted by Crippen LogP contribution is 2.35. The van der Waals surface area contributed by atoms with Gasteiger partial charge in [-0.15, -0.1) is 0 Å². The van der Waals surface area contributed by atoms with Crippen LogP contribution in [0.3, 0.4) is 0 Å². The first-order valence-corrected chi connectivity index (χ1v) is 12.6. The lowest BCUT2D eigenvalue weighted by molar-refractivity contribution is -0.122. The molecule has 34 heavy (non-hydrogen) atoms. The third-order valence-corrected chi connectivity index (χ3v) is 8.12. The van der Waals surface area contributed by atoms with E-state index in [0.717, 1.165) is 19.3 Å². The summed E-state index contributed by atoms with van der Waals surface area (Å²) < 4.78 is 32.5. The van der Waals surface area contributed by atoms with Crippen LogP contribution in [-0.2, 0) is 30.8 Å². The minimum Gasteiger partial charge on any atom is -0.465 e. The quantitative estimate of drug-likeness (QED) is 0.652. The van der Waals surface area contributed by atoms with Crippen molar-refractivity contribution < 1.29 is 27.5 Å². The number of benzene rings is 2. The number of hydrogen-bond acceptors (Lipinski definition) is 6. The van der Waals surface area contributed by atoms with E-state index >= 15 is 0 Å². The number of carbonyl (C=O) groups is 3. The van der Waals surface area contributed by atoms with E-state index in [9.17, 15) is 22.8 Å². The van der Waals surface area contributed by atoms with Crippen LogP contribution in [0.25, 0.3) is 0 Å². The topological polar surface area (TPSA) is 113 Å². The molecule has 10 heteroatoms. The zero-order valence-electron chi connectivity index (χ0n) is 19.1. The highest BCUT2D eigenvalue weighted by molar-refractivity contribution is 7.89. The molecule has 0 saturated carbocycles. The van der Waals surface area contributed by atoms with Gasteiger partial charge in [0.05, 0.1) is 23.3 Å². The van der Waals surface area contributed by atoms with Crippen molar-refractivity contribution in [3.05, 3.63) is 53.6 Å². The maximum absolute atomic E-state index is 13.2. The predicted octanol–water partition coefficient (Wildman–Crippen LogP) is 2.56. The van der Waals surface area contributed by atoms with Crippen LogP contribution in [0.15, 0.2) is 47.4 Å². The first kappa shape index (κ1) is 23.9. The Morgan fingerprint density at radius 1 is 1.03 bits per heavy atom.